The third-order valence-electron chi connectivity index (χ3n) is 4.51. The normalized spacial score (nSPS) is 16.1. The third kappa shape index (κ3) is 4.22. The Morgan fingerprint density at radius 2 is 1.80 bits per heavy atom. The Balaban J connectivity index is 2.90. The zero-order chi connectivity index (χ0) is 15.2. The topological polar surface area (TPSA) is 35.5 Å². The van der Waals surface area contributed by atoms with Gasteiger partial charge in [0.05, 0.1) is 0 Å². The summed E-state index contributed by atoms with van der Waals surface area (Å²) in [6.45, 7) is 7.80. The van der Waals surface area contributed by atoms with Gasteiger partial charge in [-0.1, -0.05) is 26.0 Å². The molecule has 0 radical (unpaired) electrons. The molecular formula is C17H30N2O. The van der Waals surface area contributed by atoms with E-state index in [2.05, 4.69) is 45.1 Å². The first kappa shape index (κ1) is 17.0. The first-order chi connectivity index (χ1) is 9.43. The van der Waals surface area contributed by atoms with Crippen molar-refractivity contribution in [1.29, 1.82) is 0 Å². The van der Waals surface area contributed by atoms with Gasteiger partial charge in [0, 0.05) is 11.6 Å². The number of hydrogen-bond acceptors (Lipinski definition) is 3. The van der Waals surface area contributed by atoms with Gasteiger partial charge in [0.2, 0.25) is 0 Å². The zero-order valence-electron chi connectivity index (χ0n) is 13.6. The second kappa shape index (κ2) is 7.65. The van der Waals surface area contributed by atoms with E-state index in [1.165, 1.54) is 5.56 Å². The van der Waals surface area contributed by atoms with Crippen molar-refractivity contribution in [3.63, 3.8) is 0 Å². The summed E-state index contributed by atoms with van der Waals surface area (Å²) in [4.78, 5) is 2.32. The van der Waals surface area contributed by atoms with Gasteiger partial charge in [-0.05, 0) is 64.5 Å². The number of nitrogens with one attached hydrogen (secondary N) is 1. The number of phenols is 1. The Hall–Kier alpha value is -1.06. The fourth-order valence-electron chi connectivity index (χ4n) is 2.57. The van der Waals surface area contributed by atoms with Crippen molar-refractivity contribution in [1.82, 2.24) is 10.2 Å². The summed E-state index contributed by atoms with van der Waals surface area (Å²) >= 11 is 0. The molecule has 0 aromatic heterocycles. The van der Waals surface area contributed by atoms with Gasteiger partial charge < -0.3 is 15.3 Å². The molecule has 1 aromatic rings. The van der Waals surface area contributed by atoms with E-state index in [9.17, 15) is 5.11 Å². The van der Waals surface area contributed by atoms with Gasteiger partial charge in [0.1, 0.15) is 5.75 Å². The molecule has 3 nitrogen and oxygen atoms in total. The lowest BCUT2D eigenvalue weighted by Crippen LogP contribution is -2.57. The Morgan fingerprint density at radius 3 is 2.25 bits per heavy atom. The lowest BCUT2D eigenvalue weighted by molar-refractivity contribution is 0.112. The second-order valence-electron chi connectivity index (χ2n) is 5.98. The standard InChI is InChI=1S/C17H30N2O/c1-6-12-18-16(17(3,7-2)19(4)5)13-14-8-10-15(20)11-9-14/h8-11,16,18,20H,6-7,12-13H2,1-5H3. The predicted molar refractivity (Wildman–Crippen MR) is 86.3 cm³/mol. The van der Waals surface area contributed by atoms with Crippen LogP contribution in [0.3, 0.4) is 0 Å². The summed E-state index contributed by atoms with van der Waals surface area (Å²) in [6, 6.07) is 7.96. The molecule has 0 aliphatic rings. The molecule has 1 aromatic carbocycles. The highest BCUT2D eigenvalue weighted by Gasteiger charge is 2.34. The van der Waals surface area contributed by atoms with Crippen LogP contribution in [0.4, 0.5) is 0 Å². The van der Waals surface area contributed by atoms with E-state index in [1.54, 1.807) is 12.1 Å². The number of aromatic hydroxyl groups is 1. The number of hydrogen-bond donors (Lipinski definition) is 2. The van der Waals surface area contributed by atoms with Crippen molar-refractivity contribution >= 4 is 0 Å². The maximum Gasteiger partial charge on any atom is 0.115 e. The van der Waals surface area contributed by atoms with E-state index in [4.69, 9.17) is 0 Å². The highest BCUT2D eigenvalue weighted by molar-refractivity contribution is 5.27. The van der Waals surface area contributed by atoms with E-state index >= 15 is 0 Å². The van der Waals surface area contributed by atoms with Crippen molar-refractivity contribution in [2.45, 2.75) is 51.6 Å². The number of rotatable bonds is 8. The van der Waals surface area contributed by atoms with E-state index < -0.39 is 0 Å². The van der Waals surface area contributed by atoms with Crippen LogP contribution in [0.2, 0.25) is 0 Å². The first-order valence-corrected chi connectivity index (χ1v) is 7.62. The van der Waals surface area contributed by atoms with Gasteiger partial charge in [-0.25, -0.2) is 0 Å². The monoisotopic (exact) mass is 278 g/mol. The molecule has 0 amide bonds. The molecule has 0 heterocycles. The van der Waals surface area contributed by atoms with Gasteiger partial charge in [-0.2, -0.15) is 0 Å². The minimum absolute atomic E-state index is 0.118. The lowest BCUT2D eigenvalue weighted by atomic mass is 9.84. The maximum absolute atomic E-state index is 9.40. The zero-order valence-corrected chi connectivity index (χ0v) is 13.6. The van der Waals surface area contributed by atoms with Crippen LogP contribution in [-0.2, 0) is 6.42 Å². The van der Waals surface area contributed by atoms with E-state index in [0.717, 1.165) is 25.8 Å². The summed E-state index contributed by atoms with van der Waals surface area (Å²) in [5.41, 5.74) is 1.38. The van der Waals surface area contributed by atoms with E-state index in [-0.39, 0.29) is 5.54 Å². The summed E-state index contributed by atoms with van der Waals surface area (Å²) in [6.07, 6.45) is 3.21. The van der Waals surface area contributed by atoms with Gasteiger partial charge in [-0.15, -0.1) is 0 Å². The average Bonchev–Trinajstić information content (AvgIpc) is 2.44. The molecular weight excluding hydrogens is 248 g/mol. The number of likely N-dealkylation sites (N-methyl/N-ethyl adjacent to an activating group) is 1. The molecule has 0 fully saturated rings. The molecule has 1 rings (SSSR count). The van der Waals surface area contributed by atoms with Crippen LogP contribution in [0.1, 0.15) is 39.2 Å². The van der Waals surface area contributed by atoms with E-state index in [0.29, 0.717) is 11.8 Å². The smallest absolute Gasteiger partial charge is 0.115 e. The second-order valence-corrected chi connectivity index (χ2v) is 5.98. The summed E-state index contributed by atoms with van der Waals surface area (Å²) in [5.74, 6) is 0.331. The Morgan fingerprint density at radius 1 is 1.20 bits per heavy atom. The highest BCUT2D eigenvalue weighted by Crippen LogP contribution is 2.24. The van der Waals surface area contributed by atoms with Crippen molar-refractivity contribution < 1.29 is 5.11 Å². The highest BCUT2D eigenvalue weighted by atomic mass is 16.3. The Bertz CT molecular complexity index is 388. The minimum Gasteiger partial charge on any atom is -0.508 e. The Labute approximate surface area is 124 Å². The molecule has 0 saturated heterocycles. The minimum atomic E-state index is 0.118. The molecule has 3 heteroatoms. The maximum atomic E-state index is 9.40. The SMILES string of the molecule is CCCNC(Cc1ccc(O)cc1)C(C)(CC)N(C)C. The molecule has 0 saturated carbocycles. The van der Waals surface area contributed by atoms with Crippen LogP contribution in [0.5, 0.6) is 5.75 Å². The summed E-state index contributed by atoms with van der Waals surface area (Å²) < 4.78 is 0. The van der Waals surface area contributed by atoms with Gasteiger partial charge in [0.25, 0.3) is 0 Å². The summed E-state index contributed by atoms with van der Waals surface area (Å²) in [5, 5.41) is 13.1. The molecule has 2 N–H and O–H groups in total. The molecule has 20 heavy (non-hydrogen) atoms. The average molecular weight is 278 g/mol. The molecule has 0 spiro atoms. The fourth-order valence-corrected chi connectivity index (χ4v) is 2.57. The fraction of sp³-hybridized carbons (Fsp3) is 0.647. The van der Waals surface area contributed by atoms with Crippen LogP contribution in [0.15, 0.2) is 24.3 Å². The van der Waals surface area contributed by atoms with Crippen molar-refractivity contribution in [3.05, 3.63) is 29.8 Å². The van der Waals surface area contributed by atoms with Crippen molar-refractivity contribution in [2.75, 3.05) is 20.6 Å². The third-order valence-corrected chi connectivity index (χ3v) is 4.51. The van der Waals surface area contributed by atoms with Crippen LogP contribution in [-0.4, -0.2) is 42.2 Å². The van der Waals surface area contributed by atoms with Crippen molar-refractivity contribution in [3.8, 4) is 5.75 Å². The van der Waals surface area contributed by atoms with Crippen molar-refractivity contribution in [2.24, 2.45) is 0 Å². The number of phenolic OH excluding ortho intramolecular Hbond substituents is 1. The van der Waals surface area contributed by atoms with Gasteiger partial charge >= 0.3 is 0 Å². The number of benzene rings is 1. The lowest BCUT2D eigenvalue weighted by Gasteiger charge is -2.43. The van der Waals surface area contributed by atoms with Gasteiger partial charge in [0.15, 0.2) is 0 Å². The first-order valence-electron chi connectivity index (χ1n) is 7.62. The predicted octanol–water partition coefficient (Wildman–Crippen LogP) is 3.03. The van der Waals surface area contributed by atoms with E-state index in [1.807, 2.05) is 12.1 Å². The van der Waals surface area contributed by atoms with Gasteiger partial charge in [-0.3, -0.25) is 0 Å². The molecule has 114 valence electrons. The van der Waals surface area contributed by atoms with Crippen LogP contribution in [0, 0.1) is 0 Å². The molecule has 0 bridgehead atoms. The quantitative estimate of drug-likeness (QED) is 0.767. The molecule has 0 aliphatic heterocycles. The largest absolute Gasteiger partial charge is 0.508 e. The molecule has 2 atom stereocenters. The van der Waals surface area contributed by atoms with Crippen LogP contribution >= 0.6 is 0 Å². The number of nitrogens with zero attached hydrogens (tertiary/aromatic N) is 1. The molecule has 2 unspecified atom stereocenters. The van der Waals surface area contributed by atoms with Crippen LogP contribution in [0.25, 0.3) is 0 Å². The molecule has 0 aliphatic carbocycles. The van der Waals surface area contributed by atoms with Crippen LogP contribution < -0.4 is 5.32 Å². The summed E-state index contributed by atoms with van der Waals surface area (Å²) in [7, 11) is 4.31. The Kier molecular flexibility index (Phi) is 6.50.